The van der Waals surface area contributed by atoms with Crippen molar-refractivity contribution in [1.29, 1.82) is 5.26 Å². The van der Waals surface area contributed by atoms with Crippen LogP contribution < -0.4 is 10.1 Å². The Hall–Kier alpha value is -2.81. The van der Waals surface area contributed by atoms with Gasteiger partial charge in [0.1, 0.15) is 17.6 Å². The van der Waals surface area contributed by atoms with Crippen molar-refractivity contribution in [2.45, 2.75) is 38.1 Å². The molecule has 1 aliphatic carbocycles. The van der Waals surface area contributed by atoms with Crippen LogP contribution in [-0.2, 0) is 12.8 Å². The molecule has 3 rings (SSSR count). The van der Waals surface area contributed by atoms with Gasteiger partial charge in [0.15, 0.2) is 5.69 Å². The molecule has 1 aromatic carbocycles. The Morgan fingerprint density at radius 2 is 2.12 bits per heavy atom. The molecule has 0 saturated carbocycles. The first-order valence-corrected chi connectivity index (χ1v) is 8.05. The number of ether oxygens (including phenoxy) is 1. The molecule has 0 radical (unpaired) electrons. The number of hydrogen-bond donors (Lipinski definition) is 1. The molecule has 1 atom stereocenters. The Balaban J connectivity index is 1.83. The molecule has 124 valence electrons. The summed E-state index contributed by atoms with van der Waals surface area (Å²) in [6.07, 6.45) is 4.78. The fourth-order valence-corrected chi connectivity index (χ4v) is 3.02. The smallest absolute Gasteiger partial charge is 0.275 e. The van der Waals surface area contributed by atoms with Crippen molar-refractivity contribution in [1.82, 2.24) is 10.5 Å². The topological polar surface area (TPSA) is 88.1 Å². The maximum absolute atomic E-state index is 12.6. The second kappa shape index (κ2) is 7.18. The summed E-state index contributed by atoms with van der Waals surface area (Å²) in [4.78, 5) is 12.6. The standard InChI is InChI=1S/C18H19N3O3/c1-23-15-9-6-5-7-12(15)14(11-19)20-18(22)17-13-8-3-2-4-10-16(13)24-21-17/h5-7,9,14H,2-4,8,10H2,1H3,(H,20,22). The van der Waals surface area contributed by atoms with E-state index in [0.29, 0.717) is 17.0 Å². The molecule has 1 unspecified atom stereocenters. The van der Waals surface area contributed by atoms with Crippen LogP contribution in [-0.4, -0.2) is 18.2 Å². The van der Waals surface area contributed by atoms with Gasteiger partial charge in [0.25, 0.3) is 5.91 Å². The van der Waals surface area contributed by atoms with Crippen LogP contribution in [0.4, 0.5) is 0 Å². The van der Waals surface area contributed by atoms with Gasteiger partial charge in [0, 0.05) is 17.5 Å². The van der Waals surface area contributed by atoms with Crippen molar-refractivity contribution in [3.8, 4) is 11.8 Å². The van der Waals surface area contributed by atoms with Crippen molar-refractivity contribution in [3.05, 3.63) is 46.8 Å². The van der Waals surface area contributed by atoms with E-state index in [0.717, 1.165) is 43.4 Å². The van der Waals surface area contributed by atoms with Gasteiger partial charge < -0.3 is 14.6 Å². The third-order valence-corrected chi connectivity index (χ3v) is 4.27. The molecule has 1 aromatic heterocycles. The lowest BCUT2D eigenvalue weighted by molar-refractivity contribution is 0.0934. The average molecular weight is 325 g/mol. The highest BCUT2D eigenvalue weighted by Gasteiger charge is 2.26. The lowest BCUT2D eigenvalue weighted by Gasteiger charge is -2.14. The van der Waals surface area contributed by atoms with Crippen LogP contribution in [0.1, 0.15) is 52.7 Å². The van der Waals surface area contributed by atoms with Crippen LogP contribution in [0.5, 0.6) is 5.75 Å². The SMILES string of the molecule is COc1ccccc1C(C#N)NC(=O)c1noc2c1CCCCC2. The molecule has 1 N–H and O–H groups in total. The van der Waals surface area contributed by atoms with Gasteiger partial charge in [-0.2, -0.15) is 5.26 Å². The van der Waals surface area contributed by atoms with Crippen LogP contribution in [0.15, 0.2) is 28.8 Å². The largest absolute Gasteiger partial charge is 0.496 e. The summed E-state index contributed by atoms with van der Waals surface area (Å²) in [7, 11) is 1.53. The maximum atomic E-state index is 12.6. The first-order valence-electron chi connectivity index (χ1n) is 8.05. The Bertz CT molecular complexity index is 776. The fraction of sp³-hybridized carbons (Fsp3) is 0.389. The Labute approximate surface area is 140 Å². The van der Waals surface area contributed by atoms with Gasteiger partial charge in [-0.3, -0.25) is 4.79 Å². The molecule has 0 bridgehead atoms. The van der Waals surface area contributed by atoms with E-state index < -0.39 is 6.04 Å². The second-order valence-corrected chi connectivity index (χ2v) is 5.77. The third-order valence-electron chi connectivity index (χ3n) is 4.27. The average Bonchev–Trinajstić information content (AvgIpc) is 2.88. The zero-order chi connectivity index (χ0) is 16.9. The number of para-hydroxylation sites is 1. The van der Waals surface area contributed by atoms with Gasteiger partial charge >= 0.3 is 0 Å². The molecule has 1 aliphatic rings. The molecule has 2 aromatic rings. The van der Waals surface area contributed by atoms with E-state index in [1.54, 1.807) is 18.2 Å². The van der Waals surface area contributed by atoms with Crippen molar-refractivity contribution in [2.75, 3.05) is 7.11 Å². The van der Waals surface area contributed by atoms with Crippen LogP contribution in [0.2, 0.25) is 0 Å². The molecule has 0 saturated heterocycles. The third kappa shape index (κ3) is 3.11. The highest BCUT2D eigenvalue weighted by Crippen LogP contribution is 2.26. The van der Waals surface area contributed by atoms with E-state index in [-0.39, 0.29) is 5.91 Å². The number of amides is 1. The van der Waals surface area contributed by atoms with E-state index in [4.69, 9.17) is 9.26 Å². The number of nitrogens with zero attached hydrogens (tertiary/aromatic N) is 2. The fourth-order valence-electron chi connectivity index (χ4n) is 3.02. The van der Waals surface area contributed by atoms with Crippen LogP contribution in [0.3, 0.4) is 0 Å². The number of methoxy groups -OCH3 is 1. The minimum atomic E-state index is -0.813. The van der Waals surface area contributed by atoms with Gasteiger partial charge in [-0.05, 0) is 25.3 Å². The summed E-state index contributed by atoms with van der Waals surface area (Å²) in [5, 5.41) is 16.1. The molecular formula is C18H19N3O3. The highest BCUT2D eigenvalue weighted by atomic mass is 16.5. The van der Waals surface area contributed by atoms with E-state index in [9.17, 15) is 10.1 Å². The predicted octanol–water partition coefficient (Wildman–Crippen LogP) is 2.95. The monoisotopic (exact) mass is 325 g/mol. The predicted molar refractivity (Wildman–Crippen MR) is 86.6 cm³/mol. The quantitative estimate of drug-likeness (QED) is 0.873. The van der Waals surface area contributed by atoms with Gasteiger partial charge in [0.05, 0.1) is 13.2 Å². The Kier molecular flexibility index (Phi) is 4.80. The number of hydrogen-bond acceptors (Lipinski definition) is 5. The number of carbonyl (C=O) groups is 1. The van der Waals surface area contributed by atoms with E-state index in [1.807, 2.05) is 6.07 Å². The van der Waals surface area contributed by atoms with E-state index in [2.05, 4.69) is 16.5 Å². The lowest BCUT2D eigenvalue weighted by atomic mass is 10.0. The van der Waals surface area contributed by atoms with E-state index >= 15 is 0 Å². The minimum Gasteiger partial charge on any atom is -0.496 e. The minimum absolute atomic E-state index is 0.294. The van der Waals surface area contributed by atoms with Crippen molar-refractivity contribution < 1.29 is 14.1 Å². The summed E-state index contributed by atoms with van der Waals surface area (Å²) >= 11 is 0. The summed E-state index contributed by atoms with van der Waals surface area (Å²) in [6.45, 7) is 0. The number of aromatic nitrogens is 1. The van der Waals surface area contributed by atoms with Gasteiger partial charge in [0.2, 0.25) is 0 Å². The summed E-state index contributed by atoms with van der Waals surface area (Å²) in [6, 6.07) is 8.43. The normalized spacial score (nSPS) is 14.8. The Morgan fingerprint density at radius 3 is 2.92 bits per heavy atom. The lowest BCUT2D eigenvalue weighted by Crippen LogP contribution is -2.29. The molecule has 24 heavy (non-hydrogen) atoms. The van der Waals surface area contributed by atoms with Crippen LogP contribution in [0, 0.1) is 11.3 Å². The molecule has 6 heteroatoms. The second-order valence-electron chi connectivity index (χ2n) is 5.77. The number of fused-ring (bicyclic) bond motifs is 1. The Morgan fingerprint density at radius 1 is 1.33 bits per heavy atom. The number of nitriles is 1. The molecular weight excluding hydrogens is 306 g/mol. The number of carbonyl (C=O) groups excluding carboxylic acids is 1. The van der Waals surface area contributed by atoms with E-state index in [1.165, 1.54) is 7.11 Å². The molecule has 6 nitrogen and oxygen atoms in total. The first kappa shape index (κ1) is 16.1. The molecule has 0 aliphatic heterocycles. The summed E-state index contributed by atoms with van der Waals surface area (Å²) in [5.41, 5.74) is 1.79. The summed E-state index contributed by atoms with van der Waals surface area (Å²) in [5.74, 6) is 0.964. The highest BCUT2D eigenvalue weighted by molar-refractivity contribution is 5.94. The molecule has 1 amide bonds. The summed E-state index contributed by atoms with van der Waals surface area (Å²) < 4.78 is 10.6. The van der Waals surface area contributed by atoms with Gasteiger partial charge in [-0.15, -0.1) is 0 Å². The number of aryl methyl sites for hydroxylation is 1. The number of nitrogens with one attached hydrogen (secondary N) is 1. The van der Waals surface area contributed by atoms with Gasteiger partial charge in [-0.25, -0.2) is 0 Å². The van der Waals surface area contributed by atoms with Crippen molar-refractivity contribution in [3.63, 3.8) is 0 Å². The van der Waals surface area contributed by atoms with Crippen molar-refractivity contribution in [2.24, 2.45) is 0 Å². The van der Waals surface area contributed by atoms with Gasteiger partial charge in [-0.1, -0.05) is 29.8 Å². The van der Waals surface area contributed by atoms with Crippen molar-refractivity contribution >= 4 is 5.91 Å². The number of rotatable bonds is 4. The zero-order valence-corrected chi connectivity index (χ0v) is 13.5. The maximum Gasteiger partial charge on any atom is 0.275 e. The zero-order valence-electron chi connectivity index (χ0n) is 13.5. The number of benzene rings is 1. The molecule has 1 heterocycles. The van der Waals surface area contributed by atoms with Crippen LogP contribution >= 0.6 is 0 Å². The first-order chi connectivity index (χ1) is 11.7. The molecule has 0 spiro atoms. The van der Waals surface area contributed by atoms with Crippen LogP contribution in [0.25, 0.3) is 0 Å². The molecule has 0 fully saturated rings.